The van der Waals surface area contributed by atoms with Gasteiger partial charge < -0.3 is 30.2 Å². The molecule has 4 rings (SSSR count). The van der Waals surface area contributed by atoms with Gasteiger partial charge in [-0.15, -0.1) is 11.3 Å². The fourth-order valence-electron chi connectivity index (χ4n) is 5.38. The summed E-state index contributed by atoms with van der Waals surface area (Å²) in [7, 11) is 0. The summed E-state index contributed by atoms with van der Waals surface area (Å²) >= 11 is 1.22. The van der Waals surface area contributed by atoms with E-state index < -0.39 is 42.8 Å². The first-order chi connectivity index (χ1) is 23.2. The average molecular weight is 678 g/mol. The number of nitrogens with one attached hydrogen (secondary N) is 2. The van der Waals surface area contributed by atoms with Crippen LogP contribution < -0.4 is 16.4 Å². The molecule has 48 heavy (non-hydrogen) atoms. The molecule has 2 heterocycles. The van der Waals surface area contributed by atoms with E-state index in [1.165, 1.54) is 18.3 Å². The molecule has 0 saturated carbocycles. The molecule has 2 atom stereocenters. The van der Waals surface area contributed by atoms with Crippen LogP contribution >= 0.6 is 11.3 Å². The Morgan fingerprint density at radius 2 is 1.62 bits per heavy atom. The largest absolute Gasteiger partial charge is 0.465 e. The Morgan fingerprint density at radius 1 is 0.958 bits per heavy atom. The Kier molecular flexibility index (Phi) is 13.2. The Bertz CT molecular complexity index is 1560. The molecule has 254 valence electrons. The van der Waals surface area contributed by atoms with Gasteiger partial charge in [0.15, 0.2) is 0 Å². The number of ether oxygens (including phenoxy) is 3. The first-order valence-electron chi connectivity index (χ1n) is 15.5. The minimum atomic E-state index is -1.01. The molecule has 13 nitrogen and oxygen atoms in total. The molecule has 0 radical (unpaired) electrons. The van der Waals surface area contributed by atoms with Crippen molar-refractivity contribution in [3.05, 3.63) is 93.7 Å². The number of esters is 2. The molecule has 1 aliphatic rings. The summed E-state index contributed by atoms with van der Waals surface area (Å²) in [4.78, 5) is 69.4. The highest BCUT2D eigenvalue weighted by molar-refractivity contribution is 7.14. The van der Waals surface area contributed by atoms with E-state index in [9.17, 15) is 24.0 Å². The third-order valence-electron chi connectivity index (χ3n) is 7.53. The van der Waals surface area contributed by atoms with Crippen molar-refractivity contribution in [3.8, 4) is 0 Å². The minimum Gasteiger partial charge on any atom is -0.465 e. The van der Waals surface area contributed by atoms with Crippen molar-refractivity contribution in [2.24, 2.45) is 10.7 Å². The van der Waals surface area contributed by atoms with E-state index in [2.05, 4.69) is 25.1 Å². The maximum atomic E-state index is 14.4. The van der Waals surface area contributed by atoms with Crippen molar-refractivity contribution in [2.45, 2.75) is 51.2 Å². The number of nitrogens with two attached hydrogens (primary N) is 1. The van der Waals surface area contributed by atoms with E-state index in [1.54, 1.807) is 24.0 Å². The van der Waals surface area contributed by atoms with Gasteiger partial charge in [-0.2, -0.15) is 4.99 Å². The molecule has 0 spiro atoms. The predicted octanol–water partition coefficient (Wildman–Crippen LogP) is 3.07. The lowest BCUT2D eigenvalue weighted by molar-refractivity contribution is -0.149. The zero-order valence-corrected chi connectivity index (χ0v) is 27.6. The van der Waals surface area contributed by atoms with E-state index >= 15 is 0 Å². The zero-order chi connectivity index (χ0) is 34.5. The number of thiophene rings is 1. The molecule has 3 aromatic rings. The van der Waals surface area contributed by atoms with Crippen LogP contribution in [0.25, 0.3) is 0 Å². The van der Waals surface area contributed by atoms with Gasteiger partial charge in [0.1, 0.15) is 11.9 Å². The number of amidine groups is 1. The minimum absolute atomic E-state index is 0.0919. The van der Waals surface area contributed by atoms with E-state index in [4.69, 9.17) is 10.5 Å². The lowest BCUT2D eigenvalue weighted by Crippen LogP contribution is -2.55. The monoisotopic (exact) mass is 677 g/mol. The van der Waals surface area contributed by atoms with Gasteiger partial charge in [0.05, 0.1) is 30.6 Å². The van der Waals surface area contributed by atoms with E-state index in [1.807, 2.05) is 60.7 Å². The van der Waals surface area contributed by atoms with Crippen molar-refractivity contribution in [1.29, 1.82) is 0 Å². The van der Waals surface area contributed by atoms with Gasteiger partial charge in [-0.25, -0.2) is 4.79 Å². The Labute approximate surface area is 282 Å². The van der Waals surface area contributed by atoms with Crippen LogP contribution in [0.4, 0.5) is 4.79 Å². The quantitative estimate of drug-likeness (QED) is 0.0994. The molecular weight excluding hydrogens is 638 g/mol. The van der Waals surface area contributed by atoms with Gasteiger partial charge in [0, 0.05) is 24.3 Å². The van der Waals surface area contributed by atoms with Crippen LogP contribution in [0, 0.1) is 0 Å². The topological polar surface area (TPSA) is 179 Å². The third kappa shape index (κ3) is 9.96. The van der Waals surface area contributed by atoms with Gasteiger partial charge in [-0.05, 0) is 43.0 Å². The number of carbonyl (C=O) groups excluding carboxylic acids is 5. The molecule has 1 aliphatic heterocycles. The Balaban J connectivity index is 1.48. The van der Waals surface area contributed by atoms with E-state index in [0.29, 0.717) is 24.3 Å². The number of aliphatic imine (C=N–C) groups is 1. The molecular formula is C34H39N5O8S. The zero-order valence-electron chi connectivity index (χ0n) is 26.8. The molecule has 0 aliphatic carbocycles. The van der Waals surface area contributed by atoms with Gasteiger partial charge in [-0.3, -0.25) is 24.5 Å². The maximum Gasteiger partial charge on any atom is 0.438 e. The fourth-order valence-corrected chi connectivity index (χ4v) is 6.23. The maximum absolute atomic E-state index is 14.4. The van der Waals surface area contributed by atoms with Crippen molar-refractivity contribution in [1.82, 2.24) is 15.5 Å². The first kappa shape index (κ1) is 35.8. The number of nitrogens with zero attached hydrogens (tertiary/aromatic N) is 2. The highest BCUT2D eigenvalue weighted by Crippen LogP contribution is 2.31. The SMILES string of the molecule is CCOC(=O)CN[C@@H](C(=O)N1CCC[C@H]1C(=O)NCc1ccc(/C(N)=N/C(=O)OCOC(C)=O)s1)C(c1ccccc1)c1ccccc1. The summed E-state index contributed by atoms with van der Waals surface area (Å²) < 4.78 is 14.4. The molecule has 0 bridgehead atoms. The normalized spacial score (nSPS) is 15.1. The summed E-state index contributed by atoms with van der Waals surface area (Å²) in [5.41, 5.74) is 7.69. The lowest BCUT2D eigenvalue weighted by Gasteiger charge is -2.33. The van der Waals surface area contributed by atoms with Crippen molar-refractivity contribution < 1.29 is 38.2 Å². The van der Waals surface area contributed by atoms with Gasteiger partial charge in [0.2, 0.25) is 18.6 Å². The number of hydrogen-bond donors (Lipinski definition) is 3. The molecule has 4 N–H and O–H groups in total. The van der Waals surface area contributed by atoms with E-state index in [-0.39, 0.29) is 37.3 Å². The van der Waals surface area contributed by atoms with Gasteiger partial charge >= 0.3 is 18.0 Å². The second-order valence-corrected chi connectivity index (χ2v) is 12.0. The van der Waals surface area contributed by atoms with Crippen molar-refractivity contribution in [2.75, 3.05) is 26.5 Å². The van der Waals surface area contributed by atoms with Crippen LogP contribution in [-0.4, -0.2) is 79.2 Å². The van der Waals surface area contributed by atoms with E-state index in [0.717, 1.165) is 16.0 Å². The van der Waals surface area contributed by atoms with Crippen molar-refractivity contribution >= 4 is 47.0 Å². The number of rotatable bonds is 14. The number of carbonyl (C=O) groups is 5. The lowest BCUT2D eigenvalue weighted by atomic mass is 9.84. The van der Waals surface area contributed by atoms with Gasteiger partial charge in [0.25, 0.3) is 0 Å². The van der Waals surface area contributed by atoms with Crippen LogP contribution in [0.5, 0.6) is 0 Å². The molecule has 0 unspecified atom stereocenters. The van der Waals surface area contributed by atoms with Gasteiger partial charge in [-0.1, -0.05) is 60.7 Å². The number of hydrogen-bond acceptors (Lipinski definition) is 10. The second-order valence-electron chi connectivity index (χ2n) is 10.8. The van der Waals surface area contributed by atoms with Crippen LogP contribution in [-0.2, 0) is 39.9 Å². The molecule has 2 aromatic carbocycles. The number of benzene rings is 2. The first-order valence-corrected chi connectivity index (χ1v) is 16.3. The highest BCUT2D eigenvalue weighted by Gasteiger charge is 2.40. The third-order valence-corrected chi connectivity index (χ3v) is 8.64. The second kappa shape index (κ2) is 17.7. The Hall–Kier alpha value is -5.08. The summed E-state index contributed by atoms with van der Waals surface area (Å²) in [5, 5.41) is 6.08. The average Bonchev–Trinajstić information content (AvgIpc) is 3.77. The molecule has 14 heteroatoms. The molecule has 1 fully saturated rings. The highest BCUT2D eigenvalue weighted by atomic mass is 32.1. The fraction of sp³-hybridized carbons (Fsp3) is 0.353. The summed E-state index contributed by atoms with van der Waals surface area (Å²) in [6.07, 6.45) is 0.105. The number of likely N-dealkylation sites (tertiary alicyclic amines) is 1. The summed E-state index contributed by atoms with van der Waals surface area (Å²) in [5.74, 6) is -2.24. The van der Waals surface area contributed by atoms with Crippen molar-refractivity contribution in [3.63, 3.8) is 0 Å². The molecule has 3 amide bonds. The van der Waals surface area contributed by atoms with Crippen LogP contribution in [0.15, 0.2) is 77.8 Å². The molecule has 1 aromatic heterocycles. The van der Waals surface area contributed by atoms with Crippen LogP contribution in [0.2, 0.25) is 0 Å². The Morgan fingerprint density at radius 3 is 2.25 bits per heavy atom. The summed E-state index contributed by atoms with van der Waals surface area (Å²) in [6, 6.07) is 21.0. The van der Waals surface area contributed by atoms with Crippen LogP contribution in [0.3, 0.4) is 0 Å². The summed E-state index contributed by atoms with van der Waals surface area (Å²) in [6.45, 7) is 2.90. The van der Waals surface area contributed by atoms with Crippen LogP contribution in [0.1, 0.15) is 53.5 Å². The molecule has 1 saturated heterocycles. The smallest absolute Gasteiger partial charge is 0.438 e. The predicted molar refractivity (Wildman–Crippen MR) is 178 cm³/mol. The standard InChI is InChI=1S/C34H39N5O8S/c1-3-45-28(41)20-36-30(29(23-11-6-4-7-12-23)24-13-8-5-9-14-24)33(43)39-18-10-15-26(39)32(42)37-19-25-16-17-27(48-25)31(35)38-34(44)47-21-46-22(2)40/h4-9,11-14,16-17,26,29-30,36H,3,10,15,18-21H2,1-2H3,(H,37,42)(H2,35,38,44)/t26-,30+/m0/s1. The number of amides is 3.